The number of rotatable bonds is 9. The van der Waals surface area contributed by atoms with Crippen LogP contribution in [0.15, 0.2) is 103 Å². The van der Waals surface area contributed by atoms with Gasteiger partial charge in [-0.2, -0.15) is 0 Å². The van der Waals surface area contributed by atoms with Gasteiger partial charge in [0.1, 0.15) is 17.3 Å². The van der Waals surface area contributed by atoms with E-state index in [0.717, 1.165) is 43.4 Å². The molecule has 1 amide bonds. The summed E-state index contributed by atoms with van der Waals surface area (Å²) >= 11 is 0. The molecule has 14 heteroatoms. The van der Waals surface area contributed by atoms with Crippen LogP contribution in [0.2, 0.25) is 0 Å². The summed E-state index contributed by atoms with van der Waals surface area (Å²) in [7, 11) is -1.02. The highest BCUT2D eigenvalue weighted by Gasteiger charge is 2.36. The summed E-state index contributed by atoms with van der Waals surface area (Å²) in [6.07, 6.45) is 6.48. The molecular weight excluding hydrogens is 770 g/mol. The van der Waals surface area contributed by atoms with Crippen LogP contribution in [0.25, 0.3) is 16.6 Å². The number of carbonyl (C=O) groups excluding carboxylic acids is 1. The molecule has 8 rings (SSSR count). The van der Waals surface area contributed by atoms with Crippen LogP contribution >= 0.6 is 0 Å². The molecule has 2 N–H and O–H groups in total. The van der Waals surface area contributed by atoms with E-state index in [1.54, 1.807) is 74.6 Å². The molecule has 2 fully saturated rings. The largest absolute Gasteiger partial charge is 0.402 e. The number of aliphatic imine (C=N–C) groups is 1. The molecule has 0 spiro atoms. The first-order valence-electron chi connectivity index (χ1n) is 20.4. The summed E-state index contributed by atoms with van der Waals surface area (Å²) < 4.78 is 48.7. The molecule has 0 aliphatic carbocycles. The Morgan fingerprint density at radius 3 is 2.34 bits per heavy atom. The maximum absolute atomic E-state index is 15.0. The van der Waals surface area contributed by atoms with Crippen LogP contribution in [0.3, 0.4) is 0 Å². The van der Waals surface area contributed by atoms with Gasteiger partial charge in [0.2, 0.25) is 0 Å². The molecule has 3 aliphatic rings. The van der Waals surface area contributed by atoms with Crippen LogP contribution in [0.4, 0.5) is 10.1 Å². The number of hydrogen-bond donors (Lipinski definition) is 1. The van der Waals surface area contributed by atoms with Crippen molar-refractivity contribution in [1.29, 1.82) is 0 Å². The van der Waals surface area contributed by atoms with Crippen molar-refractivity contribution in [2.75, 3.05) is 39.2 Å². The summed E-state index contributed by atoms with van der Waals surface area (Å²) in [6, 6.07) is 18.1. The van der Waals surface area contributed by atoms with Gasteiger partial charge in [-0.1, -0.05) is 13.0 Å². The Morgan fingerprint density at radius 1 is 0.983 bits per heavy atom. The summed E-state index contributed by atoms with van der Waals surface area (Å²) in [5.41, 5.74) is 12.1. The minimum Gasteiger partial charge on any atom is -0.402 e. The van der Waals surface area contributed by atoms with E-state index in [0.29, 0.717) is 82.1 Å². The van der Waals surface area contributed by atoms with Crippen molar-refractivity contribution in [3.05, 3.63) is 123 Å². The quantitative estimate of drug-likeness (QED) is 0.123. The molecule has 59 heavy (non-hydrogen) atoms. The minimum atomic E-state index is -2.56. The lowest BCUT2D eigenvalue weighted by Gasteiger charge is -2.37. The van der Waals surface area contributed by atoms with Gasteiger partial charge in [-0.05, 0) is 117 Å². The van der Waals surface area contributed by atoms with Gasteiger partial charge in [-0.25, -0.2) is 22.7 Å². The Labute approximate surface area is 344 Å². The third-order valence-corrected chi connectivity index (χ3v) is 14.6. The first kappa shape index (κ1) is 40.5. The zero-order valence-electron chi connectivity index (χ0n) is 34.3. The van der Waals surface area contributed by atoms with Gasteiger partial charge in [0.25, 0.3) is 5.91 Å². The lowest BCUT2D eigenvalue weighted by molar-refractivity contribution is -0.0588. The highest BCUT2D eigenvalue weighted by atomic mass is 32.2. The van der Waals surface area contributed by atoms with Gasteiger partial charge in [0, 0.05) is 91.6 Å². The van der Waals surface area contributed by atoms with E-state index >= 15 is 0 Å². The summed E-state index contributed by atoms with van der Waals surface area (Å²) in [5.74, 6) is 0.519. The summed E-state index contributed by atoms with van der Waals surface area (Å²) in [5, 5.41) is 1.00. The third kappa shape index (κ3) is 7.57. The second-order valence-corrected chi connectivity index (χ2v) is 18.4. The number of ether oxygens (including phenoxy) is 2. The van der Waals surface area contributed by atoms with Crippen LogP contribution in [0.5, 0.6) is 0 Å². The molecule has 0 saturated carbocycles. The maximum atomic E-state index is 15.0. The predicted octanol–water partition coefficient (Wildman–Crippen LogP) is 7.23. The monoisotopic (exact) mass is 821 g/mol. The zero-order valence-corrected chi connectivity index (χ0v) is 35.1. The van der Waals surface area contributed by atoms with Crippen molar-refractivity contribution in [2.45, 2.75) is 82.9 Å². The fraction of sp³-hybridized carbons (Fsp3) is 0.400. The molecule has 2 aromatic heterocycles. The van der Waals surface area contributed by atoms with E-state index in [4.69, 9.17) is 20.2 Å². The van der Waals surface area contributed by atoms with E-state index in [9.17, 15) is 18.2 Å². The predicted molar refractivity (Wildman–Crippen MR) is 229 cm³/mol. The molecule has 12 nitrogen and oxygen atoms in total. The van der Waals surface area contributed by atoms with Crippen molar-refractivity contribution < 1.29 is 22.9 Å². The number of imidazole rings is 1. The number of aryl methyl sites for hydroxylation is 2. The Morgan fingerprint density at radius 2 is 1.69 bits per heavy atom. The number of amides is 1. The number of aromatic nitrogens is 3. The van der Waals surface area contributed by atoms with Gasteiger partial charge in [0.15, 0.2) is 0 Å². The molecule has 2 saturated heterocycles. The first-order chi connectivity index (χ1) is 28.4. The standard InChI is InChI=1S/C45H52FN7O5S/c1-6-59(56,48-5)37-10-8-35(9-11-37)51-18-19-52(45(51)55)43(49-34-23-28(2)42(46)29(3)24-34)41-30(4)50(17-13-38(41)47)44(54)40-26-33-25-32(31-14-20-57-21-15-31)7-12-39(33)53(40)27-36-16-22-58-36/h7-12,18-19,23-26,30-31,36H,6,13-17,20-22,27,47H2,1-5H3/t30-,36-,59+/m0/s1. The average Bonchev–Trinajstić information content (AvgIpc) is 3.80. The van der Waals surface area contributed by atoms with Gasteiger partial charge < -0.3 is 24.7 Å². The number of nitrogens with two attached hydrogens (primary N) is 1. The average molecular weight is 822 g/mol. The number of hydrogen-bond acceptors (Lipinski definition) is 8. The number of nitrogens with zero attached hydrogens (tertiary/aromatic N) is 6. The number of benzene rings is 3. The van der Waals surface area contributed by atoms with Crippen molar-refractivity contribution in [2.24, 2.45) is 15.1 Å². The van der Waals surface area contributed by atoms with Crippen LogP contribution < -0.4 is 11.4 Å². The lowest BCUT2D eigenvalue weighted by atomic mass is 9.91. The highest BCUT2D eigenvalue weighted by molar-refractivity contribution is 7.93. The van der Waals surface area contributed by atoms with Gasteiger partial charge in [-0.3, -0.25) is 13.9 Å². The second-order valence-electron chi connectivity index (χ2n) is 15.7. The molecule has 5 heterocycles. The molecule has 5 aromatic rings. The molecule has 3 atom stereocenters. The van der Waals surface area contributed by atoms with E-state index in [2.05, 4.69) is 27.1 Å². The lowest BCUT2D eigenvalue weighted by Crippen LogP contribution is -2.48. The number of fused-ring (bicyclic) bond motifs is 1. The Balaban J connectivity index is 1.20. The van der Waals surface area contributed by atoms with E-state index in [1.807, 2.05) is 19.9 Å². The van der Waals surface area contributed by atoms with Crippen LogP contribution in [-0.4, -0.2) is 85.9 Å². The number of carbonyl (C=O) groups is 1. The molecule has 3 aliphatic heterocycles. The zero-order chi connectivity index (χ0) is 41.6. The molecule has 0 bridgehead atoms. The van der Waals surface area contributed by atoms with Crippen molar-refractivity contribution >= 4 is 38.1 Å². The maximum Gasteiger partial charge on any atom is 0.338 e. The summed E-state index contributed by atoms with van der Waals surface area (Å²) in [6.45, 7) is 10.2. The van der Waals surface area contributed by atoms with E-state index in [-0.39, 0.29) is 23.7 Å². The summed E-state index contributed by atoms with van der Waals surface area (Å²) in [4.78, 5) is 36.8. The molecular formula is C45H52FN7O5S. The second kappa shape index (κ2) is 16.4. The number of halogens is 1. The fourth-order valence-electron chi connectivity index (χ4n) is 8.64. The molecule has 0 radical (unpaired) electrons. The molecule has 3 aromatic carbocycles. The topological polar surface area (TPSA) is 138 Å². The van der Waals surface area contributed by atoms with Crippen molar-refractivity contribution in [1.82, 2.24) is 18.6 Å². The fourth-order valence-corrected chi connectivity index (χ4v) is 10.0. The van der Waals surface area contributed by atoms with Gasteiger partial charge in [-0.15, -0.1) is 0 Å². The Kier molecular flexibility index (Phi) is 11.2. The smallest absolute Gasteiger partial charge is 0.338 e. The first-order valence-corrected chi connectivity index (χ1v) is 22.1. The van der Waals surface area contributed by atoms with Gasteiger partial charge in [0.05, 0.1) is 33.2 Å². The van der Waals surface area contributed by atoms with Gasteiger partial charge >= 0.3 is 5.69 Å². The highest BCUT2D eigenvalue weighted by Crippen LogP contribution is 2.34. The van der Waals surface area contributed by atoms with Crippen LogP contribution in [-0.2, 0) is 25.7 Å². The third-order valence-electron chi connectivity index (χ3n) is 12.2. The molecule has 0 unspecified atom stereocenters. The molecule has 310 valence electrons. The minimum absolute atomic E-state index is 0.0167. The van der Waals surface area contributed by atoms with Crippen molar-refractivity contribution in [3.63, 3.8) is 0 Å². The Hall–Kier alpha value is -5.31. The Bertz CT molecular complexity index is 2650. The SMILES string of the molecule is CC[S@](=O)(=NC)c1ccc(-n2ccn(C(=Nc3cc(C)c(F)c(C)c3)C3=C(N)CCN(C(=O)c4cc5cc(C6CCOCC6)ccc5n4C[C@@H]4CCO4)[C@H]3C)c2=O)cc1. The van der Waals surface area contributed by atoms with Crippen molar-refractivity contribution in [3.8, 4) is 5.69 Å². The normalized spacial score (nSPS) is 20.2. The van der Waals surface area contributed by atoms with Crippen LogP contribution in [0, 0.1) is 19.7 Å². The van der Waals surface area contributed by atoms with Crippen LogP contribution in [0.1, 0.15) is 72.6 Å². The van der Waals surface area contributed by atoms with E-state index in [1.165, 1.54) is 14.7 Å². The van der Waals surface area contributed by atoms with E-state index < -0.39 is 21.5 Å².